The molecule has 0 aliphatic heterocycles. The summed E-state index contributed by atoms with van der Waals surface area (Å²) in [4.78, 5) is 19.0. The van der Waals surface area contributed by atoms with Crippen molar-refractivity contribution in [3.05, 3.63) is 59.4 Å². The van der Waals surface area contributed by atoms with E-state index in [-0.39, 0.29) is 0 Å². The number of carbonyl (C=O) groups is 1. The highest BCUT2D eigenvalue weighted by Gasteiger charge is 2.38. The third-order valence-corrected chi connectivity index (χ3v) is 5.22. The lowest BCUT2D eigenvalue weighted by Crippen LogP contribution is -2.21. The zero-order chi connectivity index (χ0) is 25.6. The molecular formula is C24H23BrF3N3O4. The summed E-state index contributed by atoms with van der Waals surface area (Å²) < 4.78 is 44.2. The van der Waals surface area contributed by atoms with Gasteiger partial charge in [0.2, 0.25) is 0 Å². The van der Waals surface area contributed by atoms with Gasteiger partial charge in [0.05, 0.1) is 18.6 Å². The Bertz CT molecular complexity index is 1250. The van der Waals surface area contributed by atoms with Gasteiger partial charge in [0.25, 0.3) is 0 Å². The highest BCUT2D eigenvalue weighted by Crippen LogP contribution is 2.39. The van der Waals surface area contributed by atoms with Crippen molar-refractivity contribution in [3.8, 4) is 28.3 Å². The van der Waals surface area contributed by atoms with Crippen LogP contribution in [-0.4, -0.2) is 59.4 Å². The number of benzene rings is 1. The van der Waals surface area contributed by atoms with E-state index in [4.69, 9.17) is 19.1 Å². The first-order valence-corrected chi connectivity index (χ1v) is 11.2. The minimum atomic E-state index is -5.08. The van der Waals surface area contributed by atoms with Crippen LogP contribution in [0.5, 0.6) is 5.75 Å². The number of nitrogens with one attached hydrogen (secondary N) is 1. The molecule has 0 saturated carbocycles. The van der Waals surface area contributed by atoms with E-state index in [1.54, 1.807) is 12.5 Å². The van der Waals surface area contributed by atoms with Crippen LogP contribution in [0.1, 0.15) is 6.42 Å². The van der Waals surface area contributed by atoms with Gasteiger partial charge >= 0.3 is 12.1 Å². The third-order valence-electron chi connectivity index (χ3n) is 4.79. The van der Waals surface area contributed by atoms with Gasteiger partial charge in [0.15, 0.2) is 5.76 Å². The summed E-state index contributed by atoms with van der Waals surface area (Å²) in [5.41, 5.74) is 3.90. The summed E-state index contributed by atoms with van der Waals surface area (Å²) in [7, 11) is 4.14. The smallest absolute Gasteiger partial charge is 0.490 e. The van der Waals surface area contributed by atoms with Crippen molar-refractivity contribution in [2.24, 2.45) is 0 Å². The Morgan fingerprint density at radius 2 is 1.91 bits per heavy atom. The van der Waals surface area contributed by atoms with Crippen LogP contribution >= 0.6 is 15.9 Å². The number of aliphatic carboxylic acids is 1. The van der Waals surface area contributed by atoms with Crippen LogP contribution in [-0.2, 0) is 4.79 Å². The SMILES string of the molecule is CN(C)CCCOc1ccc(-c2c(-c3ccco3)[nH]c3ncc(Br)cc23)cc1.O=C(O)C(F)(F)F. The number of rotatable bonds is 7. The molecule has 4 aromatic rings. The average molecular weight is 554 g/mol. The molecular weight excluding hydrogens is 531 g/mol. The zero-order valence-corrected chi connectivity index (χ0v) is 20.5. The fraction of sp³-hybridized carbons (Fsp3) is 0.250. The van der Waals surface area contributed by atoms with Gasteiger partial charge in [-0.15, -0.1) is 0 Å². The van der Waals surface area contributed by atoms with Gasteiger partial charge in [-0.2, -0.15) is 13.2 Å². The van der Waals surface area contributed by atoms with Gasteiger partial charge in [-0.25, -0.2) is 9.78 Å². The minimum absolute atomic E-state index is 0.707. The van der Waals surface area contributed by atoms with E-state index in [0.29, 0.717) is 6.61 Å². The zero-order valence-electron chi connectivity index (χ0n) is 18.9. The van der Waals surface area contributed by atoms with Crippen molar-refractivity contribution in [1.82, 2.24) is 14.9 Å². The van der Waals surface area contributed by atoms with Crippen molar-refractivity contribution in [2.75, 3.05) is 27.2 Å². The molecule has 0 spiro atoms. The number of pyridine rings is 1. The Balaban J connectivity index is 0.000000429. The Morgan fingerprint density at radius 1 is 1.23 bits per heavy atom. The Kier molecular flexibility index (Phi) is 8.57. The van der Waals surface area contributed by atoms with Gasteiger partial charge in [0, 0.05) is 28.2 Å². The summed E-state index contributed by atoms with van der Waals surface area (Å²) in [6.07, 6.45) is -0.614. The van der Waals surface area contributed by atoms with E-state index in [9.17, 15) is 13.2 Å². The summed E-state index contributed by atoms with van der Waals surface area (Å²) >= 11 is 3.53. The molecule has 35 heavy (non-hydrogen) atoms. The molecule has 3 aromatic heterocycles. The van der Waals surface area contributed by atoms with Crippen LogP contribution in [0.2, 0.25) is 0 Å². The molecule has 7 nitrogen and oxygen atoms in total. The second-order valence-electron chi connectivity index (χ2n) is 7.73. The Morgan fingerprint density at radius 3 is 2.49 bits per heavy atom. The van der Waals surface area contributed by atoms with Gasteiger partial charge in [-0.3, -0.25) is 0 Å². The molecule has 4 rings (SSSR count). The number of carboxylic acid groups (broad SMARTS) is 1. The maximum Gasteiger partial charge on any atom is 0.490 e. The highest BCUT2D eigenvalue weighted by atomic mass is 79.9. The first kappa shape index (κ1) is 26.3. The van der Waals surface area contributed by atoms with Crippen LogP contribution in [0.3, 0.4) is 0 Å². The number of furan rings is 1. The maximum absolute atomic E-state index is 10.6. The summed E-state index contributed by atoms with van der Waals surface area (Å²) in [6.45, 7) is 1.72. The van der Waals surface area contributed by atoms with E-state index < -0.39 is 12.1 Å². The van der Waals surface area contributed by atoms with E-state index >= 15 is 0 Å². The van der Waals surface area contributed by atoms with Crippen molar-refractivity contribution in [3.63, 3.8) is 0 Å². The number of nitrogens with zero attached hydrogens (tertiary/aromatic N) is 2. The predicted molar refractivity (Wildman–Crippen MR) is 129 cm³/mol. The minimum Gasteiger partial charge on any atom is -0.494 e. The molecule has 1 aromatic carbocycles. The lowest BCUT2D eigenvalue weighted by Gasteiger charge is -2.11. The van der Waals surface area contributed by atoms with Crippen LogP contribution in [0, 0.1) is 0 Å². The first-order valence-electron chi connectivity index (χ1n) is 10.5. The largest absolute Gasteiger partial charge is 0.494 e. The normalized spacial score (nSPS) is 11.4. The fourth-order valence-electron chi connectivity index (χ4n) is 3.24. The van der Waals surface area contributed by atoms with Crippen LogP contribution in [0.4, 0.5) is 13.2 Å². The molecule has 0 amide bonds. The second kappa shape index (κ2) is 11.4. The van der Waals surface area contributed by atoms with E-state index in [2.05, 4.69) is 63.1 Å². The number of alkyl halides is 3. The standard InChI is InChI=1S/C22H22BrN3O2.C2HF3O2/c1-26(2)10-4-12-27-17-8-6-15(7-9-17)20-18-13-16(23)14-24-22(18)25-21(20)19-5-3-11-28-19;3-2(4,5)1(6)7/h3,5-9,11,13-14H,4,10,12H2,1-2H3,(H,24,25);(H,6,7). The van der Waals surface area contributed by atoms with E-state index in [0.717, 1.165) is 56.8 Å². The van der Waals surface area contributed by atoms with Crippen molar-refractivity contribution in [2.45, 2.75) is 12.6 Å². The number of ether oxygens (including phenoxy) is 1. The van der Waals surface area contributed by atoms with Crippen molar-refractivity contribution in [1.29, 1.82) is 0 Å². The Labute approximate surface area is 207 Å². The molecule has 2 N–H and O–H groups in total. The lowest BCUT2D eigenvalue weighted by molar-refractivity contribution is -0.192. The number of H-pyrrole nitrogens is 1. The molecule has 0 bridgehead atoms. The van der Waals surface area contributed by atoms with Crippen LogP contribution in [0.15, 0.2) is 63.8 Å². The number of aromatic nitrogens is 2. The topological polar surface area (TPSA) is 91.6 Å². The van der Waals surface area contributed by atoms with E-state index in [1.807, 2.05) is 24.3 Å². The number of hydrogen-bond donors (Lipinski definition) is 2. The quantitative estimate of drug-likeness (QED) is 0.264. The number of fused-ring (bicyclic) bond motifs is 1. The van der Waals surface area contributed by atoms with Crippen molar-refractivity contribution < 1.29 is 32.2 Å². The molecule has 0 aliphatic carbocycles. The molecule has 11 heteroatoms. The monoisotopic (exact) mass is 553 g/mol. The molecule has 3 heterocycles. The highest BCUT2D eigenvalue weighted by molar-refractivity contribution is 9.10. The number of aromatic amines is 1. The van der Waals surface area contributed by atoms with Gasteiger partial charge in [-0.1, -0.05) is 12.1 Å². The maximum atomic E-state index is 10.6. The van der Waals surface area contributed by atoms with Gasteiger partial charge < -0.3 is 24.1 Å². The molecule has 0 fully saturated rings. The predicted octanol–water partition coefficient (Wildman–Crippen LogP) is 6.22. The second-order valence-corrected chi connectivity index (χ2v) is 8.65. The first-order chi connectivity index (χ1) is 16.6. The Hall–Kier alpha value is -3.31. The third kappa shape index (κ3) is 7.09. The molecule has 0 unspecified atom stereocenters. The van der Waals surface area contributed by atoms with Crippen LogP contribution < -0.4 is 4.74 Å². The van der Waals surface area contributed by atoms with Crippen molar-refractivity contribution >= 4 is 32.9 Å². The molecule has 0 atom stereocenters. The number of carboxylic acids is 1. The summed E-state index contributed by atoms with van der Waals surface area (Å²) in [5, 5.41) is 8.17. The lowest BCUT2D eigenvalue weighted by atomic mass is 10.0. The average Bonchev–Trinajstić information content (AvgIpc) is 3.44. The van der Waals surface area contributed by atoms with E-state index in [1.165, 1.54) is 0 Å². The fourth-order valence-corrected chi connectivity index (χ4v) is 3.57. The van der Waals surface area contributed by atoms with Gasteiger partial charge in [-0.05, 0) is 72.3 Å². The van der Waals surface area contributed by atoms with Crippen LogP contribution in [0.25, 0.3) is 33.6 Å². The summed E-state index contributed by atoms with van der Waals surface area (Å²) in [5.74, 6) is -1.10. The van der Waals surface area contributed by atoms with Gasteiger partial charge in [0.1, 0.15) is 11.4 Å². The molecule has 0 radical (unpaired) electrons. The number of hydrogen-bond acceptors (Lipinski definition) is 5. The molecule has 0 saturated heterocycles. The molecule has 186 valence electrons. The number of halogens is 4. The molecule has 0 aliphatic rings. The summed E-state index contributed by atoms with van der Waals surface area (Å²) in [6, 6.07) is 14.1.